The summed E-state index contributed by atoms with van der Waals surface area (Å²) in [5.74, 6) is 0.370. The van der Waals surface area contributed by atoms with Gasteiger partial charge < -0.3 is 10.0 Å². The monoisotopic (exact) mass is 380 g/mol. The number of anilines is 2. The summed E-state index contributed by atoms with van der Waals surface area (Å²) in [5, 5.41) is 10.9. The topological polar surface area (TPSA) is 36.4 Å². The lowest BCUT2D eigenvalue weighted by Gasteiger charge is -2.33. The van der Waals surface area contributed by atoms with Crippen molar-refractivity contribution in [2.45, 2.75) is 28.0 Å². The van der Waals surface area contributed by atoms with Crippen molar-refractivity contribution in [2.75, 3.05) is 17.7 Å². The first-order chi connectivity index (χ1) is 12.7. The first-order valence-electron chi connectivity index (χ1n) is 8.54. The van der Waals surface area contributed by atoms with Crippen molar-refractivity contribution in [1.82, 2.24) is 4.98 Å². The first kappa shape index (κ1) is 17.3. The summed E-state index contributed by atoms with van der Waals surface area (Å²) in [7, 11) is 0. The average Bonchev–Trinajstić information content (AvgIpc) is 2.67. The molecule has 0 amide bonds. The van der Waals surface area contributed by atoms with Gasteiger partial charge in [0.05, 0.1) is 16.3 Å². The zero-order valence-electron chi connectivity index (χ0n) is 14.8. The van der Waals surface area contributed by atoms with E-state index in [1.54, 1.807) is 23.5 Å². The van der Waals surface area contributed by atoms with E-state index in [0.29, 0.717) is 5.75 Å². The van der Waals surface area contributed by atoms with Gasteiger partial charge in [-0.25, -0.2) is 0 Å². The Bertz CT molecular complexity index is 958. The highest BCUT2D eigenvalue weighted by Gasteiger charge is 2.27. The van der Waals surface area contributed by atoms with Crippen LogP contribution in [0, 0.1) is 6.92 Å². The third kappa shape index (κ3) is 3.06. The van der Waals surface area contributed by atoms with E-state index < -0.39 is 0 Å². The molecule has 1 aromatic heterocycles. The van der Waals surface area contributed by atoms with Crippen LogP contribution in [-0.4, -0.2) is 22.9 Å². The number of aryl methyl sites for hydroxylation is 1. The van der Waals surface area contributed by atoms with Crippen molar-refractivity contribution >= 4 is 34.9 Å². The third-order valence-electron chi connectivity index (χ3n) is 4.63. The van der Waals surface area contributed by atoms with Crippen LogP contribution >= 0.6 is 23.5 Å². The van der Waals surface area contributed by atoms with E-state index in [1.807, 2.05) is 24.6 Å². The number of hydrogen-bond acceptors (Lipinski definition) is 5. The maximum absolute atomic E-state index is 10.9. The van der Waals surface area contributed by atoms with E-state index in [1.165, 1.54) is 10.5 Å². The van der Waals surface area contributed by atoms with E-state index in [9.17, 15) is 5.11 Å². The minimum absolute atomic E-state index is 0.370. The molecule has 0 aliphatic carbocycles. The number of thioether (sulfide) groups is 1. The second-order valence-corrected chi connectivity index (χ2v) is 8.13. The highest BCUT2D eigenvalue weighted by Crippen LogP contribution is 2.53. The molecule has 2 aromatic carbocycles. The quantitative estimate of drug-likeness (QED) is 0.591. The van der Waals surface area contributed by atoms with Gasteiger partial charge in [0.15, 0.2) is 5.75 Å². The molecule has 0 spiro atoms. The van der Waals surface area contributed by atoms with Crippen LogP contribution in [0.5, 0.6) is 5.75 Å². The molecule has 132 valence electrons. The van der Waals surface area contributed by atoms with E-state index in [4.69, 9.17) is 0 Å². The van der Waals surface area contributed by atoms with Gasteiger partial charge in [-0.15, -0.1) is 11.8 Å². The molecule has 0 saturated carbocycles. The molecular weight excluding hydrogens is 360 g/mol. The summed E-state index contributed by atoms with van der Waals surface area (Å²) in [4.78, 5) is 9.99. The zero-order chi connectivity index (χ0) is 18.1. The fourth-order valence-electron chi connectivity index (χ4n) is 3.29. The molecule has 0 unspecified atom stereocenters. The van der Waals surface area contributed by atoms with Crippen molar-refractivity contribution in [1.29, 1.82) is 0 Å². The minimum Gasteiger partial charge on any atom is -0.505 e. The van der Waals surface area contributed by atoms with Crippen LogP contribution in [0.4, 0.5) is 11.4 Å². The summed E-state index contributed by atoms with van der Waals surface area (Å²) >= 11 is 3.29. The Morgan fingerprint density at radius 1 is 1.08 bits per heavy atom. The summed E-state index contributed by atoms with van der Waals surface area (Å²) in [6, 6.07) is 16.6. The van der Waals surface area contributed by atoms with E-state index >= 15 is 0 Å². The molecule has 3 nitrogen and oxygen atoms in total. The number of fused-ring (bicyclic) bond motifs is 2. The molecule has 3 aromatic rings. The van der Waals surface area contributed by atoms with Crippen LogP contribution in [-0.2, 0) is 6.42 Å². The Kier molecular flexibility index (Phi) is 4.83. The summed E-state index contributed by atoms with van der Waals surface area (Å²) < 4.78 is 0. The van der Waals surface area contributed by atoms with Crippen LogP contribution in [0.1, 0.15) is 11.3 Å². The predicted octanol–water partition coefficient (Wildman–Crippen LogP) is 5.66. The standard InChI is InChI=1S/C21H20N2OS2/c1-14-6-5-12-22-15(14)11-13-23-16-7-3-4-8-17(16)26-18-9-10-19(25-2)21(24)20(18)23/h3-10,12,24H,11,13H2,1-2H3. The highest BCUT2D eigenvalue weighted by molar-refractivity contribution is 8.00. The Hall–Kier alpha value is -2.11. The molecule has 0 saturated heterocycles. The van der Waals surface area contributed by atoms with Crippen LogP contribution in [0.25, 0.3) is 0 Å². The van der Waals surface area contributed by atoms with Crippen molar-refractivity contribution in [3.63, 3.8) is 0 Å². The molecule has 0 fully saturated rings. The molecule has 2 heterocycles. The fourth-order valence-corrected chi connectivity index (χ4v) is 4.89. The highest BCUT2D eigenvalue weighted by atomic mass is 32.2. The van der Waals surface area contributed by atoms with Crippen molar-refractivity contribution in [2.24, 2.45) is 0 Å². The number of benzene rings is 2. The van der Waals surface area contributed by atoms with Crippen LogP contribution in [0.2, 0.25) is 0 Å². The molecule has 4 rings (SSSR count). The number of phenolic OH excluding ortho intramolecular Hbond substituents is 1. The fraction of sp³-hybridized carbons (Fsp3) is 0.190. The Morgan fingerprint density at radius 3 is 2.73 bits per heavy atom. The number of nitrogens with zero attached hydrogens (tertiary/aromatic N) is 2. The van der Waals surface area contributed by atoms with Gasteiger partial charge in [0.2, 0.25) is 0 Å². The first-order valence-corrected chi connectivity index (χ1v) is 10.6. The third-order valence-corrected chi connectivity index (χ3v) is 6.52. The molecule has 0 atom stereocenters. The number of pyridine rings is 1. The number of hydrogen-bond donors (Lipinski definition) is 1. The van der Waals surface area contributed by atoms with Gasteiger partial charge in [-0.2, -0.15) is 0 Å². The predicted molar refractivity (Wildman–Crippen MR) is 110 cm³/mol. The lowest BCUT2D eigenvalue weighted by atomic mass is 10.1. The maximum atomic E-state index is 10.9. The second kappa shape index (κ2) is 7.25. The second-order valence-electron chi connectivity index (χ2n) is 6.20. The van der Waals surface area contributed by atoms with Crippen LogP contribution < -0.4 is 4.90 Å². The molecule has 5 heteroatoms. The van der Waals surface area contributed by atoms with E-state index in [-0.39, 0.29) is 0 Å². The minimum atomic E-state index is 0.370. The summed E-state index contributed by atoms with van der Waals surface area (Å²) in [6.45, 7) is 2.87. The molecule has 1 aliphatic rings. The Balaban J connectivity index is 1.76. The van der Waals surface area contributed by atoms with E-state index in [0.717, 1.165) is 39.8 Å². The van der Waals surface area contributed by atoms with Gasteiger partial charge in [-0.05, 0) is 49.1 Å². The normalized spacial score (nSPS) is 12.6. The average molecular weight is 381 g/mol. The van der Waals surface area contributed by atoms with Crippen molar-refractivity contribution < 1.29 is 5.11 Å². The van der Waals surface area contributed by atoms with Gasteiger partial charge in [0.1, 0.15) is 0 Å². The SMILES string of the molecule is CSc1ccc2c(c1O)N(CCc1ncccc1C)c1ccccc1S2. The smallest absolute Gasteiger partial charge is 0.153 e. The molecule has 1 N–H and O–H groups in total. The van der Waals surface area contributed by atoms with Gasteiger partial charge >= 0.3 is 0 Å². The number of aromatic hydroxyl groups is 1. The lowest BCUT2D eigenvalue weighted by Crippen LogP contribution is -2.24. The molecule has 0 radical (unpaired) electrons. The largest absolute Gasteiger partial charge is 0.505 e. The van der Waals surface area contributed by atoms with E-state index in [2.05, 4.69) is 53.2 Å². The summed E-state index contributed by atoms with van der Waals surface area (Å²) in [6.07, 6.45) is 4.67. The van der Waals surface area contributed by atoms with Crippen molar-refractivity contribution in [3.05, 3.63) is 66.0 Å². The van der Waals surface area contributed by atoms with Gasteiger partial charge in [-0.1, -0.05) is 30.0 Å². The van der Waals surface area contributed by atoms with Gasteiger partial charge in [0.25, 0.3) is 0 Å². The summed E-state index contributed by atoms with van der Waals surface area (Å²) in [5.41, 5.74) is 4.36. The van der Waals surface area contributed by atoms with Crippen LogP contribution in [0.3, 0.4) is 0 Å². The Morgan fingerprint density at radius 2 is 1.92 bits per heavy atom. The number of aromatic nitrogens is 1. The molecule has 1 aliphatic heterocycles. The number of phenols is 1. The molecular formula is C21H20N2OS2. The molecule has 0 bridgehead atoms. The van der Waals surface area contributed by atoms with Gasteiger partial charge in [-0.3, -0.25) is 4.98 Å². The Labute approximate surface area is 162 Å². The number of para-hydroxylation sites is 1. The van der Waals surface area contributed by atoms with Gasteiger partial charge in [0, 0.05) is 34.6 Å². The van der Waals surface area contributed by atoms with Crippen molar-refractivity contribution in [3.8, 4) is 5.75 Å². The van der Waals surface area contributed by atoms with Crippen LogP contribution in [0.15, 0.2) is 69.4 Å². The molecule has 26 heavy (non-hydrogen) atoms. The number of rotatable bonds is 4. The maximum Gasteiger partial charge on any atom is 0.153 e. The zero-order valence-corrected chi connectivity index (χ0v) is 16.4. The lowest BCUT2D eigenvalue weighted by molar-refractivity contribution is 0.461.